The number of hydrogen-bond acceptors (Lipinski definition) is 5. The van der Waals surface area contributed by atoms with Crippen molar-refractivity contribution in [2.45, 2.75) is 20.0 Å². The number of amides is 2. The van der Waals surface area contributed by atoms with Crippen LogP contribution in [0.3, 0.4) is 0 Å². The summed E-state index contributed by atoms with van der Waals surface area (Å²) in [5.74, 6) is -1.20. The predicted octanol–water partition coefficient (Wildman–Crippen LogP) is 3.96. The van der Waals surface area contributed by atoms with Crippen LogP contribution < -0.4 is 10.1 Å². The Kier molecular flexibility index (Phi) is 8.19. The number of Topliss-reactive ketones (excluding diaryl/α,β-unsaturated/α-hetero) is 1. The van der Waals surface area contributed by atoms with Crippen LogP contribution in [0.5, 0.6) is 5.75 Å². The van der Waals surface area contributed by atoms with Crippen LogP contribution in [0.4, 0.5) is 10.1 Å². The molecule has 1 N–H and O–H groups in total. The molecule has 3 rings (SSSR count). The van der Waals surface area contributed by atoms with Gasteiger partial charge in [-0.2, -0.15) is 0 Å². The molecule has 174 valence electrons. The Labute approximate surface area is 196 Å². The van der Waals surface area contributed by atoms with Crippen LogP contribution in [0.25, 0.3) is 6.08 Å². The molecule has 0 spiro atoms. The highest BCUT2D eigenvalue weighted by atomic mass is 35.5. The third kappa shape index (κ3) is 6.87. The van der Waals surface area contributed by atoms with Crippen LogP contribution in [0, 0.1) is 5.82 Å². The van der Waals surface area contributed by atoms with Crippen molar-refractivity contribution in [1.82, 2.24) is 4.90 Å². The van der Waals surface area contributed by atoms with Gasteiger partial charge in [0.15, 0.2) is 5.78 Å². The molecule has 2 aromatic rings. The van der Waals surface area contributed by atoms with Gasteiger partial charge in [0.1, 0.15) is 24.3 Å². The van der Waals surface area contributed by atoms with Gasteiger partial charge in [0, 0.05) is 36.3 Å². The first kappa shape index (κ1) is 24.4. The van der Waals surface area contributed by atoms with E-state index in [2.05, 4.69) is 5.32 Å². The summed E-state index contributed by atoms with van der Waals surface area (Å²) in [5, 5.41) is 3.16. The number of ketones is 1. The lowest BCUT2D eigenvalue weighted by atomic mass is 10.1. The SMILES string of the molecule is CC(=O)Nc1cc(Cl)ccc1C=CC(=O)N1CCOC(COc2ccc(C(C)=O)c(F)c2)C1. The third-order valence-electron chi connectivity index (χ3n) is 4.94. The van der Waals surface area contributed by atoms with Crippen LogP contribution in [0.15, 0.2) is 42.5 Å². The van der Waals surface area contributed by atoms with E-state index in [0.717, 1.165) is 6.07 Å². The number of anilines is 1. The number of halogens is 2. The minimum absolute atomic E-state index is 0.00201. The Morgan fingerprint density at radius 2 is 2.03 bits per heavy atom. The highest BCUT2D eigenvalue weighted by Gasteiger charge is 2.24. The van der Waals surface area contributed by atoms with Crippen molar-refractivity contribution in [1.29, 1.82) is 0 Å². The van der Waals surface area contributed by atoms with Gasteiger partial charge in [0.2, 0.25) is 11.8 Å². The molecule has 0 radical (unpaired) electrons. The summed E-state index contributed by atoms with van der Waals surface area (Å²) in [5.41, 5.74) is 1.16. The normalized spacial score (nSPS) is 16.0. The minimum atomic E-state index is -0.646. The summed E-state index contributed by atoms with van der Waals surface area (Å²) in [6.07, 6.45) is 2.65. The lowest BCUT2D eigenvalue weighted by Gasteiger charge is -2.32. The molecule has 0 bridgehead atoms. The van der Waals surface area contributed by atoms with E-state index in [1.54, 1.807) is 29.2 Å². The number of nitrogens with one attached hydrogen (secondary N) is 1. The van der Waals surface area contributed by atoms with Gasteiger partial charge in [0.25, 0.3) is 0 Å². The number of carbonyl (C=O) groups excluding carboxylic acids is 3. The van der Waals surface area contributed by atoms with E-state index in [1.165, 1.54) is 32.1 Å². The molecule has 2 amide bonds. The molecule has 1 unspecified atom stereocenters. The molecule has 1 heterocycles. The van der Waals surface area contributed by atoms with Crippen LogP contribution >= 0.6 is 11.6 Å². The zero-order valence-electron chi connectivity index (χ0n) is 18.3. The number of nitrogens with zero attached hydrogens (tertiary/aromatic N) is 1. The zero-order valence-corrected chi connectivity index (χ0v) is 19.0. The molecule has 1 fully saturated rings. The van der Waals surface area contributed by atoms with Crippen LogP contribution in [0.2, 0.25) is 5.02 Å². The van der Waals surface area contributed by atoms with E-state index in [-0.39, 0.29) is 35.5 Å². The van der Waals surface area contributed by atoms with E-state index in [4.69, 9.17) is 21.1 Å². The largest absolute Gasteiger partial charge is 0.491 e. The monoisotopic (exact) mass is 474 g/mol. The van der Waals surface area contributed by atoms with Crippen molar-refractivity contribution in [2.24, 2.45) is 0 Å². The Bertz CT molecular complexity index is 1090. The first-order chi connectivity index (χ1) is 15.7. The quantitative estimate of drug-likeness (QED) is 0.485. The van der Waals surface area contributed by atoms with Crippen LogP contribution in [0.1, 0.15) is 29.8 Å². The molecule has 0 aliphatic carbocycles. The molecule has 33 heavy (non-hydrogen) atoms. The van der Waals surface area contributed by atoms with E-state index in [9.17, 15) is 18.8 Å². The predicted molar refractivity (Wildman–Crippen MR) is 123 cm³/mol. The lowest BCUT2D eigenvalue weighted by Crippen LogP contribution is -2.47. The number of hydrogen-bond donors (Lipinski definition) is 1. The fraction of sp³-hybridized carbons (Fsp3) is 0.292. The summed E-state index contributed by atoms with van der Waals surface area (Å²) in [6.45, 7) is 3.86. The van der Waals surface area contributed by atoms with Gasteiger partial charge in [0.05, 0.1) is 18.7 Å². The van der Waals surface area contributed by atoms with Crippen molar-refractivity contribution >= 4 is 41.0 Å². The van der Waals surface area contributed by atoms with Gasteiger partial charge in [-0.15, -0.1) is 0 Å². The molecule has 2 aromatic carbocycles. The molecule has 0 saturated carbocycles. The number of carbonyl (C=O) groups is 3. The summed E-state index contributed by atoms with van der Waals surface area (Å²) >= 11 is 5.99. The van der Waals surface area contributed by atoms with Gasteiger partial charge in [-0.3, -0.25) is 14.4 Å². The van der Waals surface area contributed by atoms with E-state index < -0.39 is 11.9 Å². The number of rotatable bonds is 7. The second-order valence-corrected chi connectivity index (χ2v) is 7.97. The standard InChI is InChI=1S/C24H24ClFN2O5/c1-15(29)21-7-6-19(12-22(21)26)33-14-20-13-28(9-10-32-20)24(31)8-4-17-3-5-18(25)11-23(17)27-16(2)30/h3-8,11-12,20H,9-10,13-14H2,1-2H3,(H,27,30). The summed E-state index contributed by atoms with van der Waals surface area (Å²) < 4.78 is 25.2. The van der Waals surface area contributed by atoms with Gasteiger partial charge in [-0.25, -0.2) is 4.39 Å². The average molecular weight is 475 g/mol. The number of ether oxygens (including phenoxy) is 2. The fourth-order valence-corrected chi connectivity index (χ4v) is 3.49. The Morgan fingerprint density at radius 1 is 1.24 bits per heavy atom. The van der Waals surface area contributed by atoms with E-state index in [1.807, 2.05) is 0 Å². The first-order valence-electron chi connectivity index (χ1n) is 10.3. The molecular formula is C24H24ClFN2O5. The van der Waals surface area contributed by atoms with Crippen LogP contribution in [-0.2, 0) is 14.3 Å². The second-order valence-electron chi connectivity index (χ2n) is 7.53. The first-order valence-corrected chi connectivity index (χ1v) is 10.7. The zero-order chi connectivity index (χ0) is 24.0. The highest BCUT2D eigenvalue weighted by Crippen LogP contribution is 2.23. The molecule has 0 aromatic heterocycles. The van der Waals surface area contributed by atoms with Gasteiger partial charge in [-0.05, 0) is 42.8 Å². The molecule has 1 saturated heterocycles. The van der Waals surface area contributed by atoms with E-state index >= 15 is 0 Å². The maximum atomic E-state index is 14.0. The Balaban J connectivity index is 1.59. The van der Waals surface area contributed by atoms with Gasteiger partial charge >= 0.3 is 0 Å². The van der Waals surface area contributed by atoms with Crippen molar-refractivity contribution in [3.8, 4) is 5.75 Å². The maximum Gasteiger partial charge on any atom is 0.246 e. The summed E-state index contributed by atoms with van der Waals surface area (Å²) in [4.78, 5) is 37.1. The minimum Gasteiger partial charge on any atom is -0.491 e. The third-order valence-corrected chi connectivity index (χ3v) is 5.17. The Morgan fingerprint density at radius 3 is 2.73 bits per heavy atom. The highest BCUT2D eigenvalue weighted by molar-refractivity contribution is 6.31. The number of benzene rings is 2. The molecule has 7 nitrogen and oxygen atoms in total. The van der Waals surface area contributed by atoms with Crippen molar-refractivity contribution in [3.63, 3.8) is 0 Å². The molecule has 1 aliphatic rings. The van der Waals surface area contributed by atoms with Crippen molar-refractivity contribution in [2.75, 3.05) is 31.6 Å². The van der Waals surface area contributed by atoms with Crippen molar-refractivity contribution in [3.05, 3.63) is 64.4 Å². The Hall–Kier alpha value is -3.23. The van der Waals surface area contributed by atoms with Gasteiger partial charge < -0.3 is 19.7 Å². The molecular weight excluding hydrogens is 451 g/mol. The molecule has 1 atom stereocenters. The smallest absolute Gasteiger partial charge is 0.246 e. The fourth-order valence-electron chi connectivity index (χ4n) is 3.32. The second kappa shape index (κ2) is 11.1. The maximum absolute atomic E-state index is 14.0. The lowest BCUT2D eigenvalue weighted by molar-refractivity contribution is -0.134. The average Bonchev–Trinajstić information content (AvgIpc) is 2.76. The van der Waals surface area contributed by atoms with Gasteiger partial charge in [-0.1, -0.05) is 17.7 Å². The van der Waals surface area contributed by atoms with E-state index in [0.29, 0.717) is 36.0 Å². The summed E-state index contributed by atoms with van der Waals surface area (Å²) in [6, 6.07) is 9.05. The number of morpholine rings is 1. The van der Waals surface area contributed by atoms with Crippen molar-refractivity contribution < 1.29 is 28.2 Å². The molecule has 1 aliphatic heterocycles. The summed E-state index contributed by atoms with van der Waals surface area (Å²) in [7, 11) is 0. The molecule has 9 heteroatoms. The topological polar surface area (TPSA) is 84.9 Å². The van der Waals surface area contributed by atoms with Crippen LogP contribution in [-0.4, -0.2) is 54.9 Å².